The molecule has 7 nitrogen and oxygen atoms in total. The van der Waals surface area contributed by atoms with Crippen molar-refractivity contribution in [2.24, 2.45) is 5.73 Å². The summed E-state index contributed by atoms with van der Waals surface area (Å²) in [5, 5.41) is 9.32. The number of hydrogen-bond acceptors (Lipinski definition) is 6. The molecule has 0 amide bonds. The maximum Gasteiger partial charge on any atom is 0.320 e. The Hall–Kier alpha value is -3.45. The molecule has 0 fully saturated rings. The van der Waals surface area contributed by atoms with Gasteiger partial charge in [0.1, 0.15) is 17.3 Å². The minimum atomic E-state index is -0.963. The number of carbonyl (C=O) groups is 1. The molecule has 2 aromatic rings. The van der Waals surface area contributed by atoms with Crippen molar-refractivity contribution in [2.75, 3.05) is 5.73 Å². The molecule has 0 saturated carbocycles. The lowest BCUT2D eigenvalue weighted by Crippen LogP contribution is -2.25. The molecular formula is C19H17N3O4. The van der Waals surface area contributed by atoms with E-state index < -0.39 is 12.0 Å². The first-order chi connectivity index (χ1) is 12.4. The first-order valence-electron chi connectivity index (χ1n) is 7.87. The van der Waals surface area contributed by atoms with Crippen LogP contribution in [-0.4, -0.2) is 22.1 Å². The zero-order chi connectivity index (χ0) is 18.8. The summed E-state index contributed by atoms with van der Waals surface area (Å²) < 4.78 is 5.77. The van der Waals surface area contributed by atoms with Crippen LogP contribution in [0.2, 0.25) is 0 Å². The third-order valence-corrected chi connectivity index (χ3v) is 3.77. The lowest BCUT2D eigenvalue weighted by molar-refractivity contribution is -0.138. The predicted octanol–water partition coefficient (Wildman–Crippen LogP) is 2.45. The molecule has 1 atom stereocenters. The van der Waals surface area contributed by atoms with E-state index in [1.54, 1.807) is 18.2 Å². The van der Waals surface area contributed by atoms with Crippen LogP contribution in [0.3, 0.4) is 0 Å². The van der Waals surface area contributed by atoms with E-state index in [0.717, 1.165) is 10.9 Å². The van der Waals surface area contributed by atoms with E-state index in [0.29, 0.717) is 28.1 Å². The van der Waals surface area contributed by atoms with E-state index >= 15 is 0 Å². The van der Waals surface area contributed by atoms with E-state index in [2.05, 4.69) is 4.98 Å². The van der Waals surface area contributed by atoms with Crippen LogP contribution >= 0.6 is 0 Å². The number of fused-ring (bicyclic) bond motifs is 4. The third-order valence-electron chi connectivity index (χ3n) is 3.77. The van der Waals surface area contributed by atoms with Crippen LogP contribution < -0.4 is 16.9 Å². The second kappa shape index (κ2) is 6.81. The highest BCUT2D eigenvalue weighted by Gasteiger charge is 2.15. The Morgan fingerprint density at radius 3 is 2.46 bits per heavy atom. The molecule has 26 heavy (non-hydrogen) atoms. The fourth-order valence-corrected chi connectivity index (χ4v) is 2.44. The highest BCUT2D eigenvalue weighted by molar-refractivity contribution is 5.96. The Morgan fingerprint density at radius 1 is 1.15 bits per heavy atom. The summed E-state index contributed by atoms with van der Waals surface area (Å²) >= 11 is 0. The summed E-state index contributed by atoms with van der Waals surface area (Å²) in [6.45, 7) is 1.42. The van der Waals surface area contributed by atoms with Crippen molar-refractivity contribution in [2.45, 2.75) is 13.0 Å². The van der Waals surface area contributed by atoms with Gasteiger partial charge in [-0.15, -0.1) is 0 Å². The lowest BCUT2D eigenvalue weighted by atomic mass is 10.0. The largest absolute Gasteiger partial charge is 0.480 e. The van der Waals surface area contributed by atoms with Crippen LogP contribution in [-0.2, 0) is 4.79 Å². The van der Waals surface area contributed by atoms with Crippen LogP contribution in [0.25, 0.3) is 33.3 Å². The summed E-state index contributed by atoms with van der Waals surface area (Å²) in [4.78, 5) is 26.3. The maximum atomic E-state index is 12.1. The molecule has 0 aromatic heterocycles. The van der Waals surface area contributed by atoms with Crippen molar-refractivity contribution in [3.05, 3.63) is 58.8 Å². The molecular weight excluding hydrogens is 334 g/mol. The summed E-state index contributed by atoms with van der Waals surface area (Å²) in [5.41, 5.74) is 13.1. The van der Waals surface area contributed by atoms with E-state index in [4.69, 9.17) is 21.0 Å². The number of nitrogen functional groups attached to an aromatic ring is 1. The van der Waals surface area contributed by atoms with Gasteiger partial charge >= 0.3 is 5.97 Å². The molecule has 1 aliphatic heterocycles. The topological polar surface area (TPSA) is 132 Å². The van der Waals surface area contributed by atoms with Crippen LogP contribution in [0.1, 0.15) is 6.92 Å². The van der Waals surface area contributed by atoms with E-state index in [9.17, 15) is 9.59 Å². The molecule has 132 valence electrons. The molecule has 1 aliphatic carbocycles. The highest BCUT2D eigenvalue weighted by atomic mass is 16.4. The Morgan fingerprint density at radius 2 is 1.81 bits per heavy atom. The van der Waals surface area contributed by atoms with E-state index in [1.165, 1.54) is 13.0 Å². The third kappa shape index (κ3) is 3.33. The minimum absolute atomic E-state index is 0.0677. The molecule has 0 spiro atoms. The van der Waals surface area contributed by atoms with Crippen LogP contribution in [0.5, 0.6) is 0 Å². The first-order valence-corrected chi connectivity index (χ1v) is 7.87. The zero-order valence-corrected chi connectivity index (χ0v) is 14.0. The Bertz CT molecular complexity index is 1130. The summed E-state index contributed by atoms with van der Waals surface area (Å²) in [7, 11) is 0. The number of benzene rings is 3. The monoisotopic (exact) mass is 351 g/mol. The van der Waals surface area contributed by atoms with Crippen molar-refractivity contribution in [1.82, 2.24) is 4.98 Å². The molecule has 0 saturated heterocycles. The molecule has 7 heteroatoms. The molecule has 2 aromatic carbocycles. The smallest absolute Gasteiger partial charge is 0.320 e. The SMILES string of the molecule is C[C@H](N)C(=O)O.Nc1ccc2nc3c4ccccc4c(=O)cc-3oc2c1. The molecule has 0 radical (unpaired) electrons. The van der Waals surface area contributed by atoms with Gasteiger partial charge < -0.3 is 21.0 Å². The van der Waals surface area contributed by atoms with Gasteiger partial charge in [0, 0.05) is 28.6 Å². The molecule has 4 rings (SSSR count). The quantitative estimate of drug-likeness (QED) is 0.272. The number of hydrogen-bond donors (Lipinski definition) is 3. The fraction of sp³-hybridized carbons (Fsp3) is 0.105. The van der Waals surface area contributed by atoms with Crippen molar-refractivity contribution < 1.29 is 14.3 Å². The maximum absolute atomic E-state index is 12.1. The normalized spacial score (nSPS) is 11.9. The predicted molar refractivity (Wildman–Crippen MR) is 100 cm³/mol. The number of anilines is 1. The second-order valence-corrected chi connectivity index (χ2v) is 5.83. The first kappa shape index (κ1) is 17.4. The van der Waals surface area contributed by atoms with Gasteiger partial charge in [0.15, 0.2) is 16.8 Å². The average Bonchev–Trinajstić information content (AvgIpc) is 2.61. The fourth-order valence-electron chi connectivity index (χ4n) is 2.44. The molecule has 2 aliphatic rings. The van der Waals surface area contributed by atoms with Crippen LogP contribution in [0, 0.1) is 0 Å². The molecule has 0 unspecified atom stereocenters. The average molecular weight is 351 g/mol. The Balaban J connectivity index is 0.000000286. The van der Waals surface area contributed by atoms with Gasteiger partial charge in [0.25, 0.3) is 0 Å². The van der Waals surface area contributed by atoms with Gasteiger partial charge in [0.2, 0.25) is 0 Å². The van der Waals surface area contributed by atoms with E-state index in [-0.39, 0.29) is 5.43 Å². The summed E-state index contributed by atoms with van der Waals surface area (Å²) in [5.74, 6) is -0.484. The number of aliphatic carboxylic acids is 1. The zero-order valence-electron chi connectivity index (χ0n) is 14.0. The summed E-state index contributed by atoms with van der Waals surface area (Å²) in [6.07, 6.45) is 0. The van der Waals surface area contributed by atoms with Crippen molar-refractivity contribution in [3.63, 3.8) is 0 Å². The lowest BCUT2D eigenvalue weighted by Gasteiger charge is -2.09. The number of aromatic nitrogens is 1. The van der Waals surface area contributed by atoms with Gasteiger partial charge in [-0.25, -0.2) is 4.98 Å². The standard InChI is InChI=1S/C16H10N2O2.C3H7NO2/c17-9-5-6-12-14(7-9)20-15-8-13(19)10-3-1-2-4-11(10)16(15)18-12;1-2(4)3(5)6/h1-8H,17H2;2H,4H2,1H3,(H,5,6)/t;2-/m.0/s1. The minimum Gasteiger partial charge on any atom is -0.480 e. The van der Waals surface area contributed by atoms with Gasteiger partial charge in [-0.05, 0) is 19.1 Å². The van der Waals surface area contributed by atoms with Crippen molar-refractivity contribution in [1.29, 1.82) is 0 Å². The highest BCUT2D eigenvalue weighted by Crippen LogP contribution is 2.30. The van der Waals surface area contributed by atoms with Gasteiger partial charge in [-0.2, -0.15) is 0 Å². The van der Waals surface area contributed by atoms with Gasteiger partial charge in [-0.1, -0.05) is 24.3 Å². The van der Waals surface area contributed by atoms with Crippen molar-refractivity contribution in [3.8, 4) is 11.5 Å². The van der Waals surface area contributed by atoms with Crippen molar-refractivity contribution >= 4 is 33.5 Å². The number of carboxylic acid groups (broad SMARTS) is 1. The van der Waals surface area contributed by atoms with Crippen LogP contribution in [0.4, 0.5) is 5.69 Å². The number of carboxylic acids is 1. The van der Waals surface area contributed by atoms with Gasteiger partial charge in [0.05, 0.1) is 0 Å². The Labute approximate surface area is 148 Å². The molecule has 5 N–H and O–H groups in total. The Kier molecular flexibility index (Phi) is 4.55. The number of rotatable bonds is 1. The second-order valence-electron chi connectivity index (χ2n) is 5.83. The molecule has 1 heterocycles. The summed E-state index contributed by atoms with van der Waals surface area (Å²) in [6, 6.07) is 13.5. The van der Waals surface area contributed by atoms with E-state index in [1.807, 2.05) is 24.3 Å². The van der Waals surface area contributed by atoms with Crippen LogP contribution in [0.15, 0.2) is 57.7 Å². The number of nitrogens with two attached hydrogens (primary N) is 2. The van der Waals surface area contributed by atoms with Gasteiger partial charge in [-0.3, -0.25) is 9.59 Å². The number of nitrogens with zero attached hydrogens (tertiary/aromatic N) is 1. The molecule has 0 bridgehead atoms.